The zero-order chi connectivity index (χ0) is 30.5. The maximum Gasteiger partial charge on any atom is 0.416 e. The van der Waals surface area contributed by atoms with E-state index >= 15 is 0 Å². The van der Waals surface area contributed by atoms with Crippen LogP contribution < -0.4 is 27.8 Å². The highest BCUT2D eigenvalue weighted by Crippen LogP contribution is 2.52. The number of Topliss-reactive ketones (excluding diaryl/α,β-unsaturated/α-hetero) is 1. The average molecular weight is 588 g/mol. The van der Waals surface area contributed by atoms with Crippen LogP contribution in [0.4, 0.5) is 32.0 Å². The van der Waals surface area contributed by atoms with Crippen LogP contribution in [0.15, 0.2) is 42.5 Å². The monoisotopic (exact) mass is 587 g/mol. The number of hydrogen-bond donors (Lipinski definition) is 5. The Balaban J connectivity index is 1.70. The second kappa shape index (κ2) is 13.0. The van der Waals surface area contributed by atoms with Crippen LogP contribution in [-0.2, 0) is 26.7 Å². The number of fused-ring (bicyclic) bond motifs is 1. The molecule has 0 bridgehead atoms. The van der Waals surface area contributed by atoms with Crippen molar-refractivity contribution < 1.29 is 40.7 Å². The van der Waals surface area contributed by atoms with Gasteiger partial charge in [0.2, 0.25) is 11.8 Å². The quantitative estimate of drug-likeness (QED) is 0.227. The summed E-state index contributed by atoms with van der Waals surface area (Å²) in [6.07, 6.45) is -9.56. The highest BCUT2D eigenvalue weighted by atomic mass is 19.4. The minimum Gasteiger partial charge on any atom is -0.351 e. The molecule has 0 aliphatic heterocycles. The number of alkyl halides is 6. The zero-order valence-corrected chi connectivity index (χ0v) is 21.8. The van der Waals surface area contributed by atoms with E-state index in [-0.39, 0.29) is 44.5 Å². The SMILES string of the molecule is NCC(CN)NC(=O)CC(N)C(=O)CCCC(C(=O)Nc1cccc(C(F)(F)F)c1)C1c2ccc(C(F)(F)F)cc21. The van der Waals surface area contributed by atoms with Crippen molar-refractivity contribution in [2.45, 2.75) is 56.0 Å². The number of rotatable bonds is 13. The number of carbonyl (C=O) groups is 3. The molecule has 2 amide bonds. The Kier molecular flexibility index (Phi) is 10.2. The predicted octanol–water partition coefficient (Wildman–Crippen LogP) is 3.28. The van der Waals surface area contributed by atoms with Gasteiger partial charge in [-0.2, -0.15) is 26.3 Å². The predicted molar refractivity (Wildman–Crippen MR) is 138 cm³/mol. The van der Waals surface area contributed by atoms with Gasteiger partial charge in [0.05, 0.1) is 23.2 Å². The third-order valence-electron chi connectivity index (χ3n) is 6.89. The molecule has 0 fully saturated rings. The average Bonchev–Trinajstić information content (AvgIpc) is 3.61. The summed E-state index contributed by atoms with van der Waals surface area (Å²) >= 11 is 0. The molecule has 14 heteroatoms. The van der Waals surface area contributed by atoms with Crippen LogP contribution >= 0.6 is 0 Å². The Morgan fingerprint density at radius 2 is 1.51 bits per heavy atom. The second-order valence-electron chi connectivity index (χ2n) is 9.90. The summed E-state index contributed by atoms with van der Waals surface area (Å²) in [5.41, 5.74) is 15.6. The third kappa shape index (κ3) is 8.50. The Morgan fingerprint density at radius 1 is 0.878 bits per heavy atom. The maximum absolute atomic E-state index is 13.2. The molecule has 0 saturated heterocycles. The molecule has 41 heavy (non-hydrogen) atoms. The molecule has 2 aromatic rings. The van der Waals surface area contributed by atoms with Gasteiger partial charge in [-0.05, 0) is 54.3 Å². The summed E-state index contributed by atoms with van der Waals surface area (Å²) in [6.45, 7) is 0.201. The van der Waals surface area contributed by atoms with E-state index in [0.717, 1.165) is 30.3 Å². The van der Waals surface area contributed by atoms with Gasteiger partial charge in [0, 0.05) is 43.5 Å². The van der Waals surface area contributed by atoms with Crippen LogP contribution in [0.25, 0.3) is 0 Å². The Morgan fingerprint density at radius 3 is 2.12 bits per heavy atom. The summed E-state index contributed by atoms with van der Waals surface area (Å²) < 4.78 is 79.0. The highest BCUT2D eigenvalue weighted by Gasteiger charge is 2.44. The van der Waals surface area contributed by atoms with E-state index < -0.39 is 65.0 Å². The Hall–Kier alpha value is -3.49. The summed E-state index contributed by atoms with van der Waals surface area (Å²) in [4.78, 5) is 37.9. The normalized spacial score (nSPS) is 16.1. The van der Waals surface area contributed by atoms with Gasteiger partial charge in [0.1, 0.15) is 5.78 Å². The lowest BCUT2D eigenvalue weighted by molar-refractivity contribution is -0.138. The standard InChI is InChI=1S/C27H31F6N5O3/c28-26(29,30)14-3-1-4-16(9-14)38-25(41)19(24-18-8-7-15(10-20(18)24)27(31,32)33)5-2-6-22(39)21(36)11-23(40)37-17(12-34)13-35/h1,3-4,7-10,17,19,21,24H,2,5-6,11-13,34-36H2,(H,37,40)(H,38,41). The Bertz CT molecular complexity index is 1260. The van der Waals surface area contributed by atoms with Crippen molar-refractivity contribution in [3.8, 4) is 0 Å². The van der Waals surface area contributed by atoms with Crippen LogP contribution in [0.2, 0.25) is 0 Å². The molecular weight excluding hydrogens is 556 g/mol. The topological polar surface area (TPSA) is 153 Å². The maximum atomic E-state index is 13.2. The number of halogens is 6. The lowest BCUT2D eigenvalue weighted by Crippen LogP contribution is -2.47. The first kappa shape index (κ1) is 32.0. The summed E-state index contributed by atoms with van der Waals surface area (Å²) in [7, 11) is 0. The lowest BCUT2D eigenvalue weighted by atomic mass is 9.91. The molecule has 3 rings (SSSR count). The Labute approximate surface area is 232 Å². The van der Waals surface area contributed by atoms with E-state index in [1.165, 1.54) is 12.1 Å². The van der Waals surface area contributed by atoms with E-state index in [0.29, 0.717) is 11.1 Å². The molecule has 224 valence electrons. The van der Waals surface area contributed by atoms with E-state index in [2.05, 4.69) is 10.6 Å². The van der Waals surface area contributed by atoms with E-state index in [9.17, 15) is 40.7 Å². The van der Waals surface area contributed by atoms with Gasteiger partial charge in [-0.15, -0.1) is 0 Å². The molecule has 0 heterocycles. The van der Waals surface area contributed by atoms with Gasteiger partial charge < -0.3 is 27.8 Å². The lowest BCUT2D eigenvalue weighted by Gasteiger charge is -2.18. The number of benzene rings is 2. The zero-order valence-electron chi connectivity index (χ0n) is 21.8. The number of ketones is 1. The molecule has 8 nitrogen and oxygen atoms in total. The highest BCUT2D eigenvalue weighted by molar-refractivity contribution is 5.95. The van der Waals surface area contributed by atoms with Crippen LogP contribution in [0, 0.1) is 5.92 Å². The first-order chi connectivity index (χ1) is 19.1. The van der Waals surface area contributed by atoms with Crippen molar-refractivity contribution >= 4 is 23.3 Å². The molecule has 3 atom stereocenters. The molecule has 0 aromatic heterocycles. The number of hydrogen-bond acceptors (Lipinski definition) is 6. The fraction of sp³-hybridized carbons (Fsp3) is 0.444. The van der Waals surface area contributed by atoms with Gasteiger partial charge in [0.15, 0.2) is 0 Å². The molecule has 1 aliphatic rings. The van der Waals surface area contributed by atoms with Crippen molar-refractivity contribution in [3.05, 3.63) is 64.7 Å². The van der Waals surface area contributed by atoms with Crippen molar-refractivity contribution in [1.29, 1.82) is 0 Å². The minimum atomic E-state index is -4.65. The molecule has 3 unspecified atom stereocenters. The van der Waals surface area contributed by atoms with Gasteiger partial charge >= 0.3 is 12.4 Å². The third-order valence-corrected chi connectivity index (χ3v) is 6.89. The smallest absolute Gasteiger partial charge is 0.351 e. The van der Waals surface area contributed by atoms with Crippen LogP contribution in [0.1, 0.15) is 53.9 Å². The fourth-order valence-corrected chi connectivity index (χ4v) is 4.61. The van der Waals surface area contributed by atoms with E-state index in [1.807, 2.05) is 0 Å². The van der Waals surface area contributed by atoms with Gasteiger partial charge in [0.25, 0.3) is 0 Å². The van der Waals surface area contributed by atoms with Crippen molar-refractivity contribution in [1.82, 2.24) is 5.32 Å². The number of amides is 2. The van der Waals surface area contributed by atoms with Gasteiger partial charge in [-0.1, -0.05) is 12.1 Å². The van der Waals surface area contributed by atoms with Crippen LogP contribution in [-0.4, -0.2) is 42.8 Å². The number of nitrogens with one attached hydrogen (secondary N) is 2. The van der Waals surface area contributed by atoms with Gasteiger partial charge in [-0.25, -0.2) is 0 Å². The molecular formula is C27H31F6N5O3. The number of carbonyl (C=O) groups excluding carboxylic acids is 3. The van der Waals surface area contributed by atoms with Crippen molar-refractivity contribution in [3.63, 3.8) is 0 Å². The summed E-state index contributed by atoms with van der Waals surface area (Å²) in [5.74, 6) is -3.35. The van der Waals surface area contributed by atoms with Crippen LogP contribution in [0.3, 0.4) is 0 Å². The summed E-state index contributed by atoms with van der Waals surface area (Å²) in [6, 6.07) is 5.47. The molecule has 0 radical (unpaired) electrons. The largest absolute Gasteiger partial charge is 0.416 e. The van der Waals surface area contributed by atoms with Crippen molar-refractivity contribution in [2.24, 2.45) is 23.1 Å². The first-order valence-corrected chi connectivity index (χ1v) is 12.8. The van der Waals surface area contributed by atoms with E-state index in [4.69, 9.17) is 17.2 Å². The van der Waals surface area contributed by atoms with Crippen molar-refractivity contribution in [2.75, 3.05) is 18.4 Å². The van der Waals surface area contributed by atoms with Crippen LogP contribution in [0.5, 0.6) is 0 Å². The fourth-order valence-electron chi connectivity index (χ4n) is 4.61. The molecule has 0 spiro atoms. The molecule has 2 aromatic carbocycles. The first-order valence-electron chi connectivity index (χ1n) is 12.8. The second-order valence-corrected chi connectivity index (χ2v) is 9.90. The molecule has 1 aliphatic carbocycles. The number of nitrogens with two attached hydrogens (primary N) is 3. The molecule has 0 saturated carbocycles. The molecule has 8 N–H and O–H groups in total. The van der Waals surface area contributed by atoms with Gasteiger partial charge in [-0.3, -0.25) is 14.4 Å². The number of anilines is 1. The summed E-state index contributed by atoms with van der Waals surface area (Å²) in [5, 5.41) is 4.98. The minimum absolute atomic E-state index is 0.0264. The van der Waals surface area contributed by atoms with E-state index in [1.54, 1.807) is 0 Å².